The number of carbonyl (C=O) groups is 1. The van der Waals surface area contributed by atoms with Crippen LogP contribution >= 0.6 is 11.8 Å². The number of carbonyl (C=O) groups excluding carboxylic acids is 1. The van der Waals surface area contributed by atoms with E-state index in [0.29, 0.717) is 36.1 Å². The van der Waals surface area contributed by atoms with Gasteiger partial charge in [-0.15, -0.1) is 11.8 Å². The molecule has 144 valence electrons. The van der Waals surface area contributed by atoms with Crippen LogP contribution in [0.5, 0.6) is 0 Å². The lowest BCUT2D eigenvalue weighted by Gasteiger charge is -2.35. The van der Waals surface area contributed by atoms with E-state index < -0.39 is 4.92 Å². The number of hydrogen-bond acceptors (Lipinski definition) is 6. The maximum Gasteiger partial charge on any atom is 0.283 e. The minimum Gasteiger partial charge on any atom is -0.379 e. The minimum atomic E-state index is -0.447. The van der Waals surface area contributed by atoms with Gasteiger partial charge in [-0.25, -0.2) is 0 Å². The zero-order chi connectivity index (χ0) is 19.1. The predicted molar refractivity (Wildman–Crippen MR) is 103 cm³/mol. The molecule has 1 aliphatic rings. The van der Waals surface area contributed by atoms with E-state index in [9.17, 15) is 14.9 Å². The van der Waals surface area contributed by atoms with Crippen LogP contribution in [-0.4, -0.2) is 60.9 Å². The Morgan fingerprint density at radius 3 is 2.65 bits per heavy atom. The lowest BCUT2D eigenvalue weighted by Crippen LogP contribution is -2.49. The van der Waals surface area contributed by atoms with Gasteiger partial charge in [-0.05, 0) is 30.7 Å². The van der Waals surface area contributed by atoms with E-state index in [2.05, 4.69) is 24.1 Å². The van der Waals surface area contributed by atoms with Gasteiger partial charge in [-0.3, -0.25) is 19.8 Å². The van der Waals surface area contributed by atoms with Gasteiger partial charge in [0.2, 0.25) is 0 Å². The van der Waals surface area contributed by atoms with Crippen LogP contribution in [0.4, 0.5) is 5.69 Å². The molecule has 0 spiro atoms. The van der Waals surface area contributed by atoms with Gasteiger partial charge >= 0.3 is 0 Å². The largest absolute Gasteiger partial charge is 0.379 e. The minimum absolute atomic E-state index is 0.0305. The molecular formula is C18H27N3O4S. The smallest absolute Gasteiger partial charge is 0.283 e. The standard InChI is InChI=1S/C18H27N3O4S/c1-13(2)10-15(20-6-8-25-9-7-20)12-19-18(22)14-4-5-17(26-3)16(11-14)21(23)24/h4-5,11,13,15H,6-10,12H2,1-3H3,(H,19,22). The van der Waals surface area contributed by atoms with E-state index in [1.165, 1.54) is 17.8 Å². The summed E-state index contributed by atoms with van der Waals surface area (Å²) >= 11 is 1.30. The molecule has 1 N–H and O–H groups in total. The zero-order valence-electron chi connectivity index (χ0n) is 15.6. The predicted octanol–water partition coefficient (Wildman–Crippen LogP) is 2.79. The Labute approximate surface area is 158 Å². The van der Waals surface area contributed by atoms with Gasteiger partial charge < -0.3 is 10.1 Å². The molecule has 7 nitrogen and oxygen atoms in total. The molecule has 0 aromatic heterocycles. The highest BCUT2D eigenvalue weighted by atomic mass is 32.2. The topological polar surface area (TPSA) is 84.7 Å². The number of benzene rings is 1. The molecule has 1 atom stereocenters. The number of thioether (sulfide) groups is 1. The summed E-state index contributed by atoms with van der Waals surface area (Å²) in [5.74, 6) is 0.240. The van der Waals surface area contributed by atoms with Crippen molar-refractivity contribution >= 4 is 23.4 Å². The molecule has 2 rings (SSSR count). The second-order valence-electron chi connectivity index (χ2n) is 6.79. The molecule has 1 amide bonds. The van der Waals surface area contributed by atoms with Gasteiger partial charge in [-0.1, -0.05) is 13.8 Å². The van der Waals surface area contributed by atoms with Gasteiger partial charge in [0.1, 0.15) is 0 Å². The number of hydrogen-bond donors (Lipinski definition) is 1. The molecule has 0 saturated carbocycles. The first kappa shape index (κ1) is 20.7. The Hall–Kier alpha value is -1.64. The van der Waals surface area contributed by atoms with Gasteiger partial charge in [0.25, 0.3) is 11.6 Å². The molecule has 0 aliphatic carbocycles. The average molecular weight is 381 g/mol. The summed E-state index contributed by atoms with van der Waals surface area (Å²) in [4.78, 5) is 26.2. The first-order valence-electron chi connectivity index (χ1n) is 8.84. The number of morpholine rings is 1. The Morgan fingerprint density at radius 1 is 1.38 bits per heavy atom. The monoisotopic (exact) mass is 381 g/mol. The number of nitro groups is 1. The van der Waals surface area contributed by atoms with Crippen molar-refractivity contribution in [1.82, 2.24) is 10.2 Å². The Balaban J connectivity index is 2.04. The van der Waals surface area contributed by atoms with E-state index in [4.69, 9.17) is 4.74 Å². The molecule has 8 heteroatoms. The van der Waals surface area contributed by atoms with Gasteiger partial charge in [-0.2, -0.15) is 0 Å². The van der Waals surface area contributed by atoms with Crippen LogP contribution in [0.15, 0.2) is 23.1 Å². The van der Waals surface area contributed by atoms with Crippen molar-refractivity contribution in [3.63, 3.8) is 0 Å². The molecule has 1 aromatic rings. The van der Waals surface area contributed by atoms with Crippen molar-refractivity contribution in [3.05, 3.63) is 33.9 Å². The average Bonchev–Trinajstić information content (AvgIpc) is 2.64. The van der Waals surface area contributed by atoms with Crippen LogP contribution in [0.2, 0.25) is 0 Å². The lowest BCUT2D eigenvalue weighted by molar-refractivity contribution is -0.387. The second-order valence-corrected chi connectivity index (χ2v) is 7.63. The van der Waals surface area contributed by atoms with Crippen molar-refractivity contribution in [2.24, 2.45) is 5.92 Å². The van der Waals surface area contributed by atoms with Crippen molar-refractivity contribution in [1.29, 1.82) is 0 Å². The van der Waals surface area contributed by atoms with Crippen molar-refractivity contribution in [2.45, 2.75) is 31.2 Å². The Morgan fingerprint density at radius 2 is 2.08 bits per heavy atom. The summed E-state index contributed by atoms with van der Waals surface area (Å²) in [6, 6.07) is 4.86. The maximum atomic E-state index is 12.5. The van der Waals surface area contributed by atoms with E-state index in [-0.39, 0.29) is 17.6 Å². The number of amides is 1. The lowest BCUT2D eigenvalue weighted by atomic mass is 10.0. The summed E-state index contributed by atoms with van der Waals surface area (Å²) in [6.45, 7) is 8.01. The molecular weight excluding hydrogens is 354 g/mol. The summed E-state index contributed by atoms with van der Waals surface area (Å²) in [5.41, 5.74) is 0.289. The van der Waals surface area contributed by atoms with Crippen molar-refractivity contribution in [3.8, 4) is 0 Å². The number of ether oxygens (including phenoxy) is 1. The highest BCUT2D eigenvalue weighted by molar-refractivity contribution is 7.98. The van der Waals surface area contributed by atoms with Gasteiger partial charge in [0, 0.05) is 37.3 Å². The fraction of sp³-hybridized carbons (Fsp3) is 0.611. The molecule has 1 saturated heterocycles. The quantitative estimate of drug-likeness (QED) is 0.423. The summed E-state index contributed by atoms with van der Waals surface area (Å²) in [7, 11) is 0. The van der Waals surface area contributed by atoms with Crippen LogP contribution < -0.4 is 5.32 Å². The number of nitro benzene ring substituents is 1. The van der Waals surface area contributed by atoms with E-state index in [0.717, 1.165) is 19.5 Å². The van der Waals surface area contributed by atoms with Crippen molar-refractivity contribution in [2.75, 3.05) is 39.1 Å². The molecule has 26 heavy (non-hydrogen) atoms. The van der Waals surface area contributed by atoms with Crippen LogP contribution in [0, 0.1) is 16.0 Å². The molecule has 0 bridgehead atoms. The third-order valence-electron chi connectivity index (χ3n) is 4.44. The number of nitrogens with one attached hydrogen (secondary N) is 1. The van der Waals surface area contributed by atoms with Gasteiger partial charge in [0.15, 0.2) is 0 Å². The molecule has 1 fully saturated rings. The summed E-state index contributed by atoms with van der Waals surface area (Å²) in [6.07, 6.45) is 2.76. The van der Waals surface area contributed by atoms with E-state index >= 15 is 0 Å². The second kappa shape index (κ2) is 9.89. The molecule has 1 aromatic carbocycles. The summed E-state index contributed by atoms with van der Waals surface area (Å²) in [5, 5.41) is 14.1. The van der Waals surface area contributed by atoms with Crippen LogP contribution in [0.1, 0.15) is 30.6 Å². The Kier molecular flexibility index (Phi) is 7.86. The van der Waals surface area contributed by atoms with E-state index in [1.54, 1.807) is 18.4 Å². The van der Waals surface area contributed by atoms with Gasteiger partial charge in [0.05, 0.1) is 23.0 Å². The maximum absolute atomic E-state index is 12.5. The molecule has 1 aliphatic heterocycles. The number of rotatable bonds is 8. The molecule has 1 heterocycles. The summed E-state index contributed by atoms with van der Waals surface area (Å²) < 4.78 is 5.41. The third-order valence-corrected chi connectivity index (χ3v) is 5.23. The highest BCUT2D eigenvalue weighted by Crippen LogP contribution is 2.28. The first-order valence-corrected chi connectivity index (χ1v) is 10.1. The van der Waals surface area contributed by atoms with Crippen LogP contribution in [0.25, 0.3) is 0 Å². The number of nitrogens with zero attached hydrogens (tertiary/aromatic N) is 2. The van der Waals surface area contributed by atoms with E-state index in [1.807, 2.05) is 0 Å². The highest BCUT2D eigenvalue weighted by Gasteiger charge is 2.23. The molecule has 1 unspecified atom stereocenters. The normalized spacial score (nSPS) is 16.5. The Bertz CT molecular complexity index is 633. The first-order chi connectivity index (χ1) is 12.4. The third kappa shape index (κ3) is 5.69. The zero-order valence-corrected chi connectivity index (χ0v) is 16.4. The SMILES string of the molecule is CSc1ccc(C(=O)NCC(CC(C)C)N2CCOCC2)cc1[N+](=O)[O-]. The fourth-order valence-electron chi connectivity index (χ4n) is 3.13. The van der Waals surface area contributed by atoms with Crippen LogP contribution in [-0.2, 0) is 4.74 Å². The van der Waals surface area contributed by atoms with Crippen molar-refractivity contribution < 1.29 is 14.5 Å². The van der Waals surface area contributed by atoms with Crippen LogP contribution in [0.3, 0.4) is 0 Å². The molecule has 0 radical (unpaired) electrons. The fourth-order valence-corrected chi connectivity index (χ4v) is 3.68.